The van der Waals surface area contributed by atoms with Crippen LogP contribution in [0.3, 0.4) is 0 Å². The molecule has 3 aromatic rings. The first-order valence-corrected chi connectivity index (χ1v) is 7.40. The maximum Gasteiger partial charge on any atom is 0.201 e. The number of nitrogens with zero attached hydrogens (tertiary/aromatic N) is 2. The molecule has 2 heterocycles. The van der Waals surface area contributed by atoms with Gasteiger partial charge in [0.15, 0.2) is 0 Å². The monoisotopic (exact) mass is 278 g/mol. The van der Waals surface area contributed by atoms with Crippen LogP contribution in [-0.2, 0) is 0 Å². The van der Waals surface area contributed by atoms with Crippen molar-refractivity contribution in [1.82, 2.24) is 9.97 Å². The molecule has 1 unspecified atom stereocenters. The summed E-state index contributed by atoms with van der Waals surface area (Å²) >= 11 is 0. The van der Waals surface area contributed by atoms with E-state index in [1.54, 1.807) is 0 Å². The molecule has 1 fully saturated rings. The molecule has 4 rings (SSSR count). The fourth-order valence-corrected chi connectivity index (χ4v) is 2.97. The first-order chi connectivity index (χ1) is 10.4. The van der Waals surface area contributed by atoms with Crippen molar-refractivity contribution >= 4 is 22.7 Å². The number of benzene rings is 2. The highest BCUT2D eigenvalue weighted by Gasteiger charge is 2.23. The third kappa shape index (κ3) is 2.44. The molecule has 1 aliphatic rings. The van der Waals surface area contributed by atoms with Gasteiger partial charge in [0, 0.05) is 24.8 Å². The molecule has 0 saturated carbocycles. The minimum absolute atomic E-state index is 0.436. The minimum Gasteiger partial charge on any atom is -0.369 e. The summed E-state index contributed by atoms with van der Waals surface area (Å²) in [5, 5.41) is 3.52. The van der Waals surface area contributed by atoms with Crippen LogP contribution in [0, 0.1) is 0 Å². The molecule has 4 heteroatoms. The van der Waals surface area contributed by atoms with Crippen molar-refractivity contribution in [2.75, 3.05) is 23.3 Å². The standard InChI is InChI=1S/C17H18N4/c1-2-6-14(7-3-1)21-11-10-13(12-21)18-17-19-15-8-4-5-9-16(15)20-17/h1-9,13H,10-12H2,(H2,18,19,20). The summed E-state index contributed by atoms with van der Waals surface area (Å²) in [7, 11) is 0. The van der Waals surface area contributed by atoms with Crippen LogP contribution in [0.15, 0.2) is 54.6 Å². The molecule has 4 nitrogen and oxygen atoms in total. The highest BCUT2D eigenvalue weighted by molar-refractivity contribution is 5.77. The number of aromatic amines is 1. The van der Waals surface area contributed by atoms with Crippen LogP contribution in [0.2, 0.25) is 0 Å². The van der Waals surface area contributed by atoms with Crippen LogP contribution < -0.4 is 10.2 Å². The minimum atomic E-state index is 0.436. The lowest BCUT2D eigenvalue weighted by atomic mass is 10.3. The van der Waals surface area contributed by atoms with Gasteiger partial charge in [-0.05, 0) is 30.7 Å². The molecule has 0 aliphatic carbocycles. The number of fused-ring (bicyclic) bond motifs is 1. The average molecular weight is 278 g/mol. The fraction of sp³-hybridized carbons (Fsp3) is 0.235. The number of rotatable bonds is 3. The summed E-state index contributed by atoms with van der Waals surface area (Å²) < 4.78 is 0. The lowest BCUT2D eigenvalue weighted by molar-refractivity contribution is 0.797. The number of imidazole rings is 1. The molecule has 0 radical (unpaired) electrons. The van der Waals surface area contributed by atoms with Gasteiger partial charge in [0.2, 0.25) is 5.95 Å². The number of hydrogen-bond donors (Lipinski definition) is 2. The van der Waals surface area contributed by atoms with Crippen molar-refractivity contribution in [3.05, 3.63) is 54.6 Å². The predicted molar refractivity (Wildman–Crippen MR) is 86.8 cm³/mol. The number of H-pyrrole nitrogens is 1. The summed E-state index contributed by atoms with van der Waals surface area (Å²) in [6.07, 6.45) is 1.13. The third-order valence-electron chi connectivity index (χ3n) is 4.04. The van der Waals surface area contributed by atoms with Crippen molar-refractivity contribution in [1.29, 1.82) is 0 Å². The molecule has 106 valence electrons. The van der Waals surface area contributed by atoms with Crippen LogP contribution in [0.4, 0.5) is 11.6 Å². The Morgan fingerprint density at radius 3 is 2.71 bits per heavy atom. The quantitative estimate of drug-likeness (QED) is 0.773. The number of para-hydroxylation sites is 3. The van der Waals surface area contributed by atoms with Crippen LogP contribution in [-0.4, -0.2) is 29.1 Å². The predicted octanol–water partition coefficient (Wildman–Crippen LogP) is 3.25. The highest BCUT2D eigenvalue weighted by Crippen LogP contribution is 2.22. The molecule has 1 aliphatic heterocycles. The van der Waals surface area contributed by atoms with E-state index >= 15 is 0 Å². The van der Waals surface area contributed by atoms with E-state index in [0.717, 1.165) is 36.5 Å². The van der Waals surface area contributed by atoms with Crippen LogP contribution >= 0.6 is 0 Å². The zero-order valence-electron chi connectivity index (χ0n) is 11.8. The van der Waals surface area contributed by atoms with E-state index in [-0.39, 0.29) is 0 Å². The van der Waals surface area contributed by atoms with Gasteiger partial charge in [-0.25, -0.2) is 4.98 Å². The van der Waals surface area contributed by atoms with Crippen molar-refractivity contribution < 1.29 is 0 Å². The van der Waals surface area contributed by atoms with Gasteiger partial charge < -0.3 is 15.2 Å². The van der Waals surface area contributed by atoms with Gasteiger partial charge in [-0.2, -0.15) is 0 Å². The Kier molecular flexibility index (Phi) is 2.99. The van der Waals surface area contributed by atoms with Crippen molar-refractivity contribution in [3.8, 4) is 0 Å². The molecular formula is C17H18N4. The van der Waals surface area contributed by atoms with Crippen LogP contribution in [0.1, 0.15) is 6.42 Å². The smallest absolute Gasteiger partial charge is 0.201 e. The molecular weight excluding hydrogens is 260 g/mol. The van der Waals surface area contributed by atoms with Crippen molar-refractivity contribution in [2.45, 2.75) is 12.5 Å². The Morgan fingerprint density at radius 1 is 1.05 bits per heavy atom. The van der Waals surface area contributed by atoms with Gasteiger partial charge in [-0.3, -0.25) is 0 Å². The summed E-state index contributed by atoms with van der Waals surface area (Å²) in [5.74, 6) is 0.871. The fourth-order valence-electron chi connectivity index (χ4n) is 2.97. The van der Waals surface area contributed by atoms with Gasteiger partial charge >= 0.3 is 0 Å². The van der Waals surface area contributed by atoms with Crippen LogP contribution in [0.25, 0.3) is 11.0 Å². The van der Waals surface area contributed by atoms with E-state index in [1.165, 1.54) is 5.69 Å². The van der Waals surface area contributed by atoms with E-state index in [9.17, 15) is 0 Å². The molecule has 1 aromatic heterocycles. The van der Waals surface area contributed by atoms with E-state index < -0.39 is 0 Å². The first kappa shape index (κ1) is 12.3. The van der Waals surface area contributed by atoms with E-state index in [4.69, 9.17) is 0 Å². The summed E-state index contributed by atoms with van der Waals surface area (Å²) in [6, 6.07) is 19.1. The van der Waals surface area contributed by atoms with Gasteiger partial charge in [0.25, 0.3) is 0 Å². The maximum atomic E-state index is 4.59. The van der Waals surface area contributed by atoms with Gasteiger partial charge in [-0.15, -0.1) is 0 Å². The van der Waals surface area contributed by atoms with E-state index in [0.29, 0.717) is 6.04 Å². The van der Waals surface area contributed by atoms with Gasteiger partial charge in [-0.1, -0.05) is 30.3 Å². The van der Waals surface area contributed by atoms with Crippen molar-refractivity contribution in [3.63, 3.8) is 0 Å². The lowest BCUT2D eigenvalue weighted by Crippen LogP contribution is -2.26. The van der Waals surface area contributed by atoms with E-state index in [1.807, 2.05) is 18.2 Å². The number of anilines is 2. The summed E-state index contributed by atoms with van der Waals surface area (Å²) in [4.78, 5) is 10.3. The number of nitrogens with one attached hydrogen (secondary N) is 2. The number of aromatic nitrogens is 2. The Hall–Kier alpha value is -2.49. The van der Waals surface area contributed by atoms with Gasteiger partial charge in [0.1, 0.15) is 0 Å². The second-order valence-corrected chi connectivity index (χ2v) is 5.51. The molecule has 1 atom stereocenters. The lowest BCUT2D eigenvalue weighted by Gasteiger charge is -2.18. The molecule has 1 saturated heterocycles. The highest BCUT2D eigenvalue weighted by atomic mass is 15.2. The largest absolute Gasteiger partial charge is 0.369 e. The van der Waals surface area contributed by atoms with Crippen molar-refractivity contribution in [2.24, 2.45) is 0 Å². The first-order valence-electron chi connectivity index (χ1n) is 7.40. The Bertz CT molecular complexity index is 702. The molecule has 2 N–H and O–H groups in total. The second kappa shape index (κ2) is 5.13. The van der Waals surface area contributed by atoms with Gasteiger partial charge in [0.05, 0.1) is 11.0 Å². The Morgan fingerprint density at radius 2 is 1.86 bits per heavy atom. The molecule has 2 aromatic carbocycles. The second-order valence-electron chi connectivity index (χ2n) is 5.51. The SMILES string of the molecule is c1ccc(N2CCC(Nc3nc4ccccc4[nH]3)C2)cc1. The summed E-state index contributed by atoms with van der Waals surface area (Å²) in [5.41, 5.74) is 3.39. The average Bonchev–Trinajstić information content (AvgIpc) is 3.14. The summed E-state index contributed by atoms with van der Waals surface area (Å²) in [6.45, 7) is 2.10. The topological polar surface area (TPSA) is 44.0 Å². The molecule has 0 bridgehead atoms. The zero-order valence-corrected chi connectivity index (χ0v) is 11.8. The Balaban J connectivity index is 1.46. The normalized spacial score (nSPS) is 18.3. The molecule has 0 spiro atoms. The Labute approximate surface area is 123 Å². The van der Waals surface area contributed by atoms with Crippen LogP contribution in [0.5, 0.6) is 0 Å². The third-order valence-corrected chi connectivity index (χ3v) is 4.04. The number of hydrogen-bond acceptors (Lipinski definition) is 3. The van der Waals surface area contributed by atoms with E-state index in [2.05, 4.69) is 56.6 Å². The maximum absolute atomic E-state index is 4.59. The molecule has 21 heavy (non-hydrogen) atoms. The molecule has 0 amide bonds. The zero-order chi connectivity index (χ0) is 14.1.